The van der Waals surface area contributed by atoms with Crippen molar-refractivity contribution in [2.45, 2.75) is 57.4 Å². The Labute approximate surface area is 162 Å². The van der Waals surface area contributed by atoms with Crippen molar-refractivity contribution in [1.29, 1.82) is 0 Å². The van der Waals surface area contributed by atoms with Crippen LogP contribution in [0.5, 0.6) is 0 Å². The number of aromatic nitrogens is 2. The zero-order valence-electron chi connectivity index (χ0n) is 15.5. The number of aryl methyl sites for hydroxylation is 1. The molecule has 0 spiro atoms. The van der Waals surface area contributed by atoms with Crippen LogP contribution in [0.25, 0.3) is 10.4 Å². The van der Waals surface area contributed by atoms with Crippen molar-refractivity contribution in [3.8, 4) is 10.4 Å². The first kappa shape index (κ1) is 18.1. The number of rotatable bonds is 5. The first-order valence-corrected chi connectivity index (χ1v) is 10.4. The summed E-state index contributed by atoms with van der Waals surface area (Å²) in [5, 5.41) is 0.782. The Bertz CT molecular complexity index is 875. The monoisotopic (exact) mass is 384 g/mol. The summed E-state index contributed by atoms with van der Waals surface area (Å²) in [6, 6.07) is 3.71. The molecule has 0 aromatic carbocycles. The van der Waals surface area contributed by atoms with Gasteiger partial charge in [0.15, 0.2) is 0 Å². The molecule has 2 N–H and O–H groups in total. The van der Waals surface area contributed by atoms with Crippen LogP contribution >= 0.6 is 11.3 Å². The minimum Gasteiger partial charge on any atom is -0.368 e. The summed E-state index contributed by atoms with van der Waals surface area (Å²) in [6.45, 7) is 2.57. The molecule has 4 rings (SSSR count). The Hall–Kier alpha value is -2.28. The fraction of sp³-hybridized carbons (Fsp3) is 0.500. The van der Waals surface area contributed by atoms with Crippen molar-refractivity contribution in [2.75, 3.05) is 6.54 Å². The number of hydrogen-bond donors (Lipinski definition) is 1. The van der Waals surface area contributed by atoms with Crippen molar-refractivity contribution in [3.63, 3.8) is 0 Å². The molecule has 27 heavy (non-hydrogen) atoms. The van der Waals surface area contributed by atoms with E-state index in [1.165, 1.54) is 19.3 Å². The van der Waals surface area contributed by atoms with Crippen LogP contribution in [0, 0.1) is 6.92 Å². The normalized spacial score (nSPS) is 19.9. The molecule has 1 saturated carbocycles. The highest BCUT2D eigenvalue weighted by molar-refractivity contribution is 7.15. The lowest BCUT2D eigenvalue weighted by molar-refractivity contribution is -0.136. The molecule has 1 atom stereocenters. The zero-order valence-corrected chi connectivity index (χ0v) is 16.3. The average Bonchev–Trinajstić information content (AvgIpc) is 3.20. The van der Waals surface area contributed by atoms with Gasteiger partial charge in [0.1, 0.15) is 11.0 Å². The average molecular weight is 385 g/mol. The Kier molecular flexibility index (Phi) is 4.95. The van der Waals surface area contributed by atoms with Crippen LogP contribution in [-0.4, -0.2) is 39.3 Å². The molecule has 0 bridgehead atoms. The Balaban J connectivity index is 1.52. The lowest BCUT2D eigenvalue weighted by Gasteiger charge is -2.24. The molecule has 6 nitrogen and oxygen atoms in total. The predicted octanol–water partition coefficient (Wildman–Crippen LogP) is 2.80. The van der Waals surface area contributed by atoms with Gasteiger partial charge in [-0.05, 0) is 50.3 Å². The highest BCUT2D eigenvalue weighted by atomic mass is 32.1. The van der Waals surface area contributed by atoms with E-state index in [1.54, 1.807) is 16.2 Å². The van der Waals surface area contributed by atoms with Gasteiger partial charge in [0.2, 0.25) is 11.8 Å². The SMILES string of the molecule is Cc1nc(CC(=O)N2CCC[C@H]2C(N)=O)sc1-c1ccnc(C2CCC2)c1. The lowest BCUT2D eigenvalue weighted by Crippen LogP contribution is -2.44. The summed E-state index contributed by atoms with van der Waals surface area (Å²) < 4.78 is 0. The maximum absolute atomic E-state index is 12.7. The van der Waals surface area contributed by atoms with Crippen LogP contribution in [0.15, 0.2) is 18.3 Å². The zero-order chi connectivity index (χ0) is 19.0. The lowest BCUT2D eigenvalue weighted by atomic mass is 9.82. The molecule has 1 saturated heterocycles. The van der Waals surface area contributed by atoms with E-state index in [-0.39, 0.29) is 12.3 Å². The van der Waals surface area contributed by atoms with Crippen LogP contribution in [-0.2, 0) is 16.0 Å². The number of primary amides is 1. The summed E-state index contributed by atoms with van der Waals surface area (Å²) in [5.74, 6) is 0.0961. The molecule has 0 unspecified atom stereocenters. The number of pyridine rings is 1. The van der Waals surface area contributed by atoms with Crippen molar-refractivity contribution in [2.24, 2.45) is 5.73 Å². The number of nitrogens with two attached hydrogens (primary N) is 1. The molecular weight excluding hydrogens is 360 g/mol. The third kappa shape index (κ3) is 3.60. The van der Waals surface area contributed by atoms with Gasteiger partial charge in [0, 0.05) is 24.4 Å². The highest BCUT2D eigenvalue weighted by Crippen LogP contribution is 2.38. The maximum Gasteiger partial charge on any atom is 0.240 e. The molecule has 0 radical (unpaired) electrons. The number of thiazole rings is 1. The Morgan fingerprint density at radius 2 is 2.11 bits per heavy atom. The molecule has 2 aliphatic rings. The molecule has 3 heterocycles. The summed E-state index contributed by atoms with van der Waals surface area (Å²) in [4.78, 5) is 36.0. The van der Waals surface area contributed by atoms with Crippen molar-refractivity contribution >= 4 is 23.2 Å². The quantitative estimate of drug-likeness (QED) is 0.858. The Morgan fingerprint density at radius 1 is 1.30 bits per heavy atom. The first-order chi connectivity index (χ1) is 13.0. The summed E-state index contributed by atoms with van der Waals surface area (Å²) in [7, 11) is 0. The number of amides is 2. The van der Waals surface area contributed by atoms with Crippen molar-refractivity contribution in [1.82, 2.24) is 14.9 Å². The molecule has 2 fully saturated rings. The van der Waals surface area contributed by atoms with Crippen molar-refractivity contribution in [3.05, 3.63) is 34.7 Å². The van der Waals surface area contributed by atoms with E-state index in [0.717, 1.165) is 33.3 Å². The summed E-state index contributed by atoms with van der Waals surface area (Å²) in [5.41, 5.74) is 8.64. The van der Waals surface area contributed by atoms with E-state index in [4.69, 9.17) is 5.73 Å². The number of likely N-dealkylation sites (tertiary alicyclic amines) is 1. The highest BCUT2D eigenvalue weighted by Gasteiger charge is 2.33. The van der Waals surface area contributed by atoms with Crippen molar-refractivity contribution < 1.29 is 9.59 Å². The summed E-state index contributed by atoms with van der Waals surface area (Å²) >= 11 is 1.55. The van der Waals surface area contributed by atoms with Gasteiger partial charge in [-0.2, -0.15) is 0 Å². The van der Waals surface area contributed by atoms with Crippen LogP contribution < -0.4 is 5.73 Å². The molecule has 142 valence electrons. The fourth-order valence-electron chi connectivity index (χ4n) is 3.90. The van der Waals surface area contributed by atoms with Gasteiger partial charge >= 0.3 is 0 Å². The van der Waals surface area contributed by atoms with Gasteiger partial charge in [0.25, 0.3) is 0 Å². The minimum atomic E-state index is -0.469. The van der Waals surface area contributed by atoms with Crippen LogP contribution in [0.1, 0.15) is 54.4 Å². The molecule has 1 aliphatic heterocycles. The largest absolute Gasteiger partial charge is 0.368 e. The molecule has 2 aromatic heterocycles. The van der Waals surface area contributed by atoms with E-state index < -0.39 is 11.9 Å². The van der Waals surface area contributed by atoms with Crippen LogP contribution in [0.3, 0.4) is 0 Å². The molecule has 7 heteroatoms. The van der Waals surface area contributed by atoms with Gasteiger partial charge < -0.3 is 10.6 Å². The number of nitrogens with zero attached hydrogens (tertiary/aromatic N) is 3. The third-order valence-corrected chi connectivity index (χ3v) is 6.82. The number of hydrogen-bond acceptors (Lipinski definition) is 5. The molecule has 2 aromatic rings. The van der Waals surface area contributed by atoms with Crippen LogP contribution in [0.2, 0.25) is 0 Å². The van der Waals surface area contributed by atoms with E-state index in [1.807, 2.05) is 19.2 Å². The second-order valence-corrected chi connectivity index (χ2v) is 8.53. The topological polar surface area (TPSA) is 89.2 Å². The predicted molar refractivity (Wildman–Crippen MR) is 104 cm³/mol. The van der Waals surface area contributed by atoms with Gasteiger partial charge in [-0.3, -0.25) is 14.6 Å². The fourth-order valence-corrected chi connectivity index (χ4v) is 4.96. The first-order valence-electron chi connectivity index (χ1n) is 9.54. The van der Waals surface area contributed by atoms with Gasteiger partial charge in [-0.25, -0.2) is 4.98 Å². The molecule has 2 amide bonds. The second-order valence-electron chi connectivity index (χ2n) is 7.44. The smallest absolute Gasteiger partial charge is 0.240 e. The standard InChI is InChI=1S/C20H24N4O2S/c1-12-19(14-7-8-22-15(10-14)13-4-2-5-13)27-17(23-12)11-18(25)24-9-3-6-16(24)20(21)26/h7-8,10,13,16H,2-6,9,11H2,1H3,(H2,21,26)/t16-/m0/s1. The van der Waals surface area contributed by atoms with E-state index >= 15 is 0 Å². The molecule has 1 aliphatic carbocycles. The third-order valence-electron chi connectivity index (χ3n) is 5.61. The van der Waals surface area contributed by atoms with Gasteiger partial charge in [-0.1, -0.05) is 6.42 Å². The number of carbonyl (C=O) groups is 2. The van der Waals surface area contributed by atoms with Gasteiger partial charge in [0.05, 0.1) is 17.0 Å². The number of carbonyl (C=O) groups excluding carboxylic acids is 2. The van der Waals surface area contributed by atoms with Crippen LogP contribution in [0.4, 0.5) is 0 Å². The van der Waals surface area contributed by atoms with E-state index in [9.17, 15) is 9.59 Å². The van der Waals surface area contributed by atoms with Gasteiger partial charge in [-0.15, -0.1) is 11.3 Å². The minimum absolute atomic E-state index is 0.0681. The van der Waals surface area contributed by atoms with E-state index in [2.05, 4.69) is 16.0 Å². The maximum atomic E-state index is 12.7. The Morgan fingerprint density at radius 3 is 2.81 bits per heavy atom. The molecular formula is C20H24N4O2S. The second kappa shape index (κ2) is 7.38. The summed E-state index contributed by atoms with van der Waals surface area (Å²) in [6.07, 6.45) is 7.28. The van der Waals surface area contributed by atoms with E-state index in [0.29, 0.717) is 18.9 Å².